The monoisotopic (exact) mass is 222 g/mol. The third kappa shape index (κ3) is 1.33. The topological polar surface area (TPSA) is 77.8 Å². The molecule has 3 N–H and O–H groups in total. The Bertz CT molecular complexity index is 423. The van der Waals surface area contributed by atoms with Gasteiger partial charge in [-0.25, -0.2) is 0 Å². The molecule has 2 rings (SSSR count). The lowest BCUT2D eigenvalue weighted by Crippen LogP contribution is -2.42. The number of rotatable bonds is 2. The molecule has 4 heteroatoms. The summed E-state index contributed by atoms with van der Waals surface area (Å²) in [5.74, 6) is -1.28. The van der Waals surface area contributed by atoms with Gasteiger partial charge in [0.15, 0.2) is 11.5 Å². The molecule has 0 bridgehead atoms. The fourth-order valence-electron chi connectivity index (χ4n) is 2.19. The largest absolute Gasteiger partial charge is 0.504 e. The summed E-state index contributed by atoms with van der Waals surface area (Å²) in [4.78, 5) is 11.3. The van der Waals surface area contributed by atoms with Gasteiger partial charge in [-0.1, -0.05) is 12.5 Å². The molecule has 0 radical (unpaired) electrons. The number of carboxylic acid groups (broad SMARTS) is 1. The molecule has 16 heavy (non-hydrogen) atoms. The Morgan fingerprint density at radius 1 is 1.31 bits per heavy atom. The van der Waals surface area contributed by atoms with E-state index >= 15 is 0 Å². The maximum atomic E-state index is 11.3. The predicted molar refractivity (Wildman–Crippen MR) is 57.7 cm³/mol. The minimum atomic E-state index is -0.865. The van der Waals surface area contributed by atoms with Gasteiger partial charge in [0.2, 0.25) is 0 Å². The fourth-order valence-corrected chi connectivity index (χ4v) is 2.19. The first-order valence-corrected chi connectivity index (χ1v) is 5.24. The van der Waals surface area contributed by atoms with Crippen molar-refractivity contribution >= 4 is 5.97 Å². The van der Waals surface area contributed by atoms with Gasteiger partial charge in [0.1, 0.15) is 0 Å². The number of carboxylic acids is 1. The fraction of sp³-hybridized carbons (Fsp3) is 0.417. The molecule has 1 aliphatic rings. The van der Waals surface area contributed by atoms with Gasteiger partial charge in [-0.3, -0.25) is 4.79 Å². The van der Waals surface area contributed by atoms with Crippen molar-refractivity contribution < 1.29 is 20.1 Å². The van der Waals surface area contributed by atoms with Gasteiger partial charge in [0.05, 0.1) is 5.41 Å². The zero-order valence-corrected chi connectivity index (χ0v) is 9.03. The minimum Gasteiger partial charge on any atom is -0.504 e. The van der Waals surface area contributed by atoms with E-state index in [0.29, 0.717) is 24.0 Å². The van der Waals surface area contributed by atoms with E-state index in [4.69, 9.17) is 0 Å². The maximum absolute atomic E-state index is 11.3. The molecule has 0 saturated heterocycles. The van der Waals surface area contributed by atoms with Crippen LogP contribution in [0.5, 0.6) is 11.5 Å². The van der Waals surface area contributed by atoms with Crippen molar-refractivity contribution in [1.82, 2.24) is 0 Å². The first-order chi connectivity index (χ1) is 7.47. The molecule has 1 aromatic carbocycles. The average Bonchev–Trinajstić information content (AvgIpc) is 2.11. The number of aromatic hydroxyl groups is 2. The molecule has 0 spiro atoms. The summed E-state index contributed by atoms with van der Waals surface area (Å²) in [6.45, 7) is 1.65. The summed E-state index contributed by atoms with van der Waals surface area (Å²) in [6, 6.07) is 3.00. The van der Waals surface area contributed by atoms with E-state index in [9.17, 15) is 20.1 Å². The second-order valence-corrected chi connectivity index (χ2v) is 4.40. The van der Waals surface area contributed by atoms with E-state index in [0.717, 1.165) is 6.42 Å². The highest BCUT2D eigenvalue weighted by atomic mass is 16.4. The Hall–Kier alpha value is -1.71. The number of phenolic OH excluding ortho intramolecular Hbond substituents is 2. The van der Waals surface area contributed by atoms with Gasteiger partial charge < -0.3 is 15.3 Å². The average molecular weight is 222 g/mol. The van der Waals surface area contributed by atoms with Gasteiger partial charge in [0.25, 0.3) is 0 Å². The summed E-state index contributed by atoms with van der Waals surface area (Å²) in [5, 5.41) is 28.2. The highest BCUT2D eigenvalue weighted by Gasteiger charge is 2.46. The molecular weight excluding hydrogens is 208 g/mol. The van der Waals surface area contributed by atoms with Crippen molar-refractivity contribution in [1.29, 1.82) is 0 Å². The lowest BCUT2D eigenvalue weighted by molar-refractivity contribution is -0.147. The molecule has 1 saturated carbocycles. The third-order valence-corrected chi connectivity index (χ3v) is 3.45. The first-order valence-electron chi connectivity index (χ1n) is 5.24. The van der Waals surface area contributed by atoms with Gasteiger partial charge >= 0.3 is 5.97 Å². The Kier molecular flexibility index (Phi) is 2.30. The molecule has 86 valence electrons. The normalized spacial score (nSPS) is 17.8. The van der Waals surface area contributed by atoms with E-state index in [2.05, 4.69) is 0 Å². The van der Waals surface area contributed by atoms with Crippen molar-refractivity contribution in [2.75, 3.05) is 0 Å². The van der Waals surface area contributed by atoms with Crippen LogP contribution < -0.4 is 0 Å². The molecule has 0 unspecified atom stereocenters. The first kappa shape index (κ1) is 10.8. The number of carbonyl (C=O) groups is 1. The number of benzene rings is 1. The Morgan fingerprint density at radius 2 is 1.94 bits per heavy atom. The number of aliphatic carboxylic acids is 1. The summed E-state index contributed by atoms with van der Waals surface area (Å²) < 4.78 is 0. The molecule has 0 aliphatic heterocycles. The van der Waals surface area contributed by atoms with E-state index in [1.807, 2.05) is 0 Å². The van der Waals surface area contributed by atoms with Crippen LogP contribution in [0, 0.1) is 6.92 Å². The van der Waals surface area contributed by atoms with Crippen molar-refractivity contribution in [2.45, 2.75) is 31.6 Å². The van der Waals surface area contributed by atoms with Crippen molar-refractivity contribution in [3.05, 3.63) is 23.3 Å². The van der Waals surface area contributed by atoms with E-state index in [1.165, 1.54) is 6.07 Å². The number of hydrogen-bond donors (Lipinski definition) is 3. The Morgan fingerprint density at radius 3 is 2.31 bits per heavy atom. The highest BCUT2D eigenvalue weighted by molar-refractivity contribution is 5.83. The molecule has 0 atom stereocenters. The molecule has 0 amide bonds. The van der Waals surface area contributed by atoms with E-state index < -0.39 is 11.4 Å². The van der Waals surface area contributed by atoms with E-state index in [-0.39, 0.29) is 11.5 Å². The van der Waals surface area contributed by atoms with Crippen LogP contribution in [-0.2, 0) is 10.2 Å². The molecular formula is C12H14O4. The van der Waals surface area contributed by atoms with Crippen LogP contribution in [-0.4, -0.2) is 21.3 Å². The zero-order chi connectivity index (χ0) is 11.9. The number of hydrogen-bond acceptors (Lipinski definition) is 3. The van der Waals surface area contributed by atoms with Gasteiger partial charge in [-0.15, -0.1) is 0 Å². The standard InChI is InChI=1S/C12H14O4/c1-7-5-8(6-9(13)10(7)14)12(11(15)16)3-2-4-12/h5-6,13-14H,2-4H2,1H3,(H,15,16). The van der Waals surface area contributed by atoms with E-state index in [1.54, 1.807) is 13.0 Å². The zero-order valence-electron chi connectivity index (χ0n) is 9.03. The van der Waals surface area contributed by atoms with Crippen LogP contribution in [0.1, 0.15) is 30.4 Å². The molecule has 1 aromatic rings. The van der Waals surface area contributed by atoms with Crippen LogP contribution in [0.3, 0.4) is 0 Å². The lowest BCUT2D eigenvalue weighted by Gasteiger charge is -2.38. The SMILES string of the molecule is Cc1cc(C2(C(=O)O)CCC2)cc(O)c1O. The van der Waals surface area contributed by atoms with Crippen molar-refractivity contribution in [3.8, 4) is 11.5 Å². The second kappa shape index (κ2) is 3.40. The van der Waals surface area contributed by atoms with Crippen LogP contribution in [0.4, 0.5) is 0 Å². The molecule has 4 nitrogen and oxygen atoms in total. The Labute approximate surface area is 93.2 Å². The number of phenols is 2. The minimum absolute atomic E-state index is 0.177. The molecule has 1 aliphatic carbocycles. The maximum Gasteiger partial charge on any atom is 0.314 e. The molecule has 0 heterocycles. The predicted octanol–water partition coefficient (Wildman–Crippen LogP) is 1.91. The van der Waals surface area contributed by atoms with Gasteiger partial charge in [0, 0.05) is 0 Å². The summed E-state index contributed by atoms with van der Waals surface area (Å²) in [6.07, 6.45) is 2.06. The van der Waals surface area contributed by atoms with Gasteiger partial charge in [-0.05, 0) is 37.0 Å². The highest BCUT2D eigenvalue weighted by Crippen LogP contribution is 2.46. The molecule has 0 aromatic heterocycles. The van der Waals surface area contributed by atoms with Crippen LogP contribution in [0.2, 0.25) is 0 Å². The van der Waals surface area contributed by atoms with Crippen LogP contribution >= 0.6 is 0 Å². The quantitative estimate of drug-likeness (QED) is 0.668. The Balaban J connectivity index is 2.52. The summed E-state index contributed by atoms with van der Waals surface area (Å²) in [5.41, 5.74) is 0.220. The third-order valence-electron chi connectivity index (χ3n) is 3.45. The van der Waals surface area contributed by atoms with Crippen molar-refractivity contribution in [3.63, 3.8) is 0 Å². The summed E-state index contributed by atoms with van der Waals surface area (Å²) in [7, 11) is 0. The van der Waals surface area contributed by atoms with Crippen LogP contribution in [0.25, 0.3) is 0 Å². The van der Waals surface area contributed by atoms with Crippen molar-refractivity contribution in [2.24, 2.45) is 0 Å². The number of aryl methyl sites for hydroxylation is 1. The lowest BCUT2D eigenvalue weighted by atomic mass is 9.64. The summed E-state index contributed by atoms with van der Waals surface area (Å²) >= 11 is 0. The molecule has 1 fully saturated rings. The second-order valence-electron chi connectivity index (χ2n) is 4.40. The smallest absolute Gasteiger partial charge is 0.314 e. The van der Waals surface area contributed by atoms with Gasteiger partial charge in [-0.2, -0.15) is 0 Å². The van der Waals surface area contributed by atoms with Crippen LogP contribution in [0.15, 0.2) is 12.1 Å².